The molecule has 0 radical (unpaired) electrons. The summed E-state index contributed by atoms with van der Waals surface area (Å²) in [5, 5.41) is 10.6. The van der Waals surface area contributed by atoms with Crippen LogP contribution in [0.15, 0.2) is 18.2 Å². The first-order valence-electron chi connectivity index (χ1n) is 4.73. The summed E-state index contributed by atoms with van der Waals surface area (Å²) in [7, 11) is 3.90. The molecule has 0 heterocycles. The highest BCUT2D eigenvalue weighted by atomic mass is 35.5. The zero-order chi connectivity index (χ0) is 10.3. The maximum atomic E-state index is 9.88. The lowest BCUT2D eigenvalue weighted by molar-refractivity contribution is 0.151. The lowest BCUT2D eigenvalue weighted by Gasteiger charge is -2.16. The van der Waals surface area contributed by atoms with Crippen LogP contribution >= 0.6 is 11.6 Å². The summed E-state index contributed by atoms with van der Waals surface area (Å²) in [4.78, 5) is 1.96. The lowest BCUT2D eigenvalue weighted by Crippen LogP contribution is -2.10. The van der Waals surface area contributed by atoms with Crippen molar-refractivity contribution in [1.29, 1.82) is 0 Å². The predicted molar refractivity (Wildman–Crippen MR) is 58.9 cm³/mol. The van der Waals surface area contributed by atoms with Gasteiger partial charge < -0.3 is 10.0 Å². The van der Waals surface area contributed by atoms with Gasteiger partial charge in [-0.2, -0.15) is 0 Å². The molecule has 2 nitrogen and oxygen atoms in total. The van der Waals surface area contributed by atoms with E-state index in [2.05, 4.69) is 0 Å². The molecule has 0 spiro atoms. The van der Waals surface area contributed by atoms with Crippen LogP contribution in [0.2, 0.25) is 5.02 Å². The molecule has 1 aliphatic rings. The molecule has 1 aromatic carbocycles. The van der Waals surface area contributed by atoms with E-state index in [0.717, 1.165) is 24.1 Å². The normalized spacial score (nSPS) is 18.0. The molecule has 1 fully saturated rings. The van der Waals surface area contributed by atoms with E-state index >= 15 is 0 Å². The number of benzene rings is 1. The number of halogens is 1. The van der Waals surface area contributed by atoms with E-state index in [1.807, 2.05) is 37.2 Å². The average Bonchev–Trinajstić information content (AvgIpc) is 2.84. The Morgan fingerprint density at radius 1 is 1.36 bits per heavy atom. The summed E-state index contributed by atoms with van der Waals surface area (Å²) < 4.78 is 0. The van der Waals surface area contributed by atoms with Crippen LogP contribution in [-0.4, -0.2) is 19.2 Å². The zero-order valence-corrected chi connectivity index (χ0v) is 9.17. The van der Waals surface area contributed by atoms with Gasteiger partial charge in [-0.25, -0.2) is 0 Å². The van der Waals surface area contributed by atoms with Crippen LogP contribution in [0.25, 0.3) is 0 Å². The summed E-state index contributed by atoms with van der Waals surface area (Å²) >= 11 is 6.11. The molecular formula is C11H14ClNO. The summed E-state index contributed by atoms with van der Waals surface area (Å²) in [6, 6.07) is 5.77. The standard InChI is InChI=1S/C11H14ClNO/c1-13(2)10-4-3-8(7-9(10)12)11(14)5-6-11/h3-4,7,14H,5-6H2,1-2H3. The van der Waals surface area contributed by atoms with Crippen molar-refractivity contribution in [3.05, 3.63) is 28.8 Å². The minimum Gasteiger partial charge on any atom is -0.385 e. The van der Waals surface area contributed by atoms with E-state index in [4.69, 9.17) is 11.6 Å². The van der Waals surface area contributed by atoms with E-state index in [1.54, 1.807) is 0 Å². The first kappa shape index (κ1) is 9.81. The minimum atomic E-state index is -0.589. The molecule has 3 heteroatoms. The van der Waals surface area contributed by atoms with Crippen LogP contribution in [0.1, 0.15) is 18.4 Å². The van der Waals surface area contributed by atoms with Crippen molar-refractivity contribution in [2.75, 3.05) is 19.0 Å². The average molecular weight is 212 g/mol. The van der Waals surface area contributed by atoms with Crippen LogP contribution in [0, 0.1) is 0 Å². The molecule has 0 aliphatic heterocycles. The highest BCUT2D eigenvalue weighted by Gasteiger charge is 2.42. The molecule has 0 atom stereocenters. The van der Waals surface area contributed by atoms with Gasteiger partial charge in [0, 0.05) is 14.1 Å². The van der Waals surface area contributed by atoms with E-state index in [1.165, 1.54) is 0 Å². The highest BCUT2D eigenvalue weighted by Crippen LogP contribution is 2.46. The van der Waals surface area contributed by atoms with Crippen molar-refractivity contribution < 1.29 is 5.11 Å². The van der Waals surface area contributed by atoms with Gasteiger partial charge in [-0.1, -0.05) is 17.7 Å². The Morgan fingerprint density at radius 3 is 2.43 bits per heavy atom. The van der Waals surface area contributed by atoms with Gasteiger partial charge in [0.2, 0.25) is 0 Å². The Kier molecular flexibility index (Phi) is 2.20. The first-order valence-corrected chi connectivity index (χ1v) is 5.10. The fourth-order valence-electron chi connectivity index (χ4n) is 1.57. The molecule has 0 saturated heterocycles. The monoisotopic (exact) mass is 211 g/mol. The molecule has 0 aromatic heterocycles. The second-order valence-corrected chi connectivity index (χ2v) is 4.50. The van der Waals surface area contributed by atoms with Gasteiger partial charge in [-0.3, -0.25) is 0 Å². The number of hydrogen-bond acceptors (Lipinski definition) is 2. The van der Waals surface area contributed by atoms with Crippen molar-refractivity contribution in [1.82, 2.24) is 0 Å². The molecule has 1 N–H and O–H groups in total. The minimum absolute atomic E-state index is 0.589. The Bertz CT molecular complexity index is 358. The van der Waals surface area contributed by atoms with E-state index < -0.39 is 5.60 Å². The maximum absolute atomic E-state index is 9.88. The number of anilines is 1. The lowest BCUT2D eigenvalue weighted by atomic mass is 10.1. The van der Waals surface area contributed by atoms with Gasteiger partial charge >= 0.3 is 0 Å². The van der Waals surface area contributed by atoms with Crippen LogP contribution in [0.5, 0.6) is 0 Å². The highest BCUT2D eigenvalue weighted by molar-refractivity contribution is 6.33. The third-order valence-corrected chi connectivity index (χ3v) is 2.99. The van der Waals surface area contributed by atoms with Gasteiger partial charge in [0.15, 0.2) is 0 Å². The van der Waals surface area contributed by atoms with Gasteiger partial charge in [0.25, 0.3) is 0 Å². The molecule has 0 bridgehead atoms. The van der Waals surface area contributed by atoms with Crippen molar-refractivity contribution in [2.24, 2.45) is 0 Å². The second kappa shape index (κ2) is 3.14. The van der Waals surface area contributed by atoms with Crippen molar-refractivity contribution >= 4 is 17.3 Å². The number of nitrogens with zero attached hydrogens (tertiary/aromatic N) is 1. The molecular weight excluding hydrogens is 198 g/mol. The largest absolute Gasteiger partial charge is 0.385 e. The summed E-state index contributed by atoms with van der Waals surface area (Å²) in [5.74, 6) is 0. The molecule has 1 aromatic rings. The van der Waals surface area contributed by atoms with Gasteiger partial charge in [0.05, 0.1) is 16.3 Å². The van der Waals surface area contributed by atoms with Crippen molar-refractivity contribution in [2.45, 2.75) is 18.4 Å². The second-order valence-electron chi connectivity index (χ2n) is 4.09. The quantitative estimate of drug-likeness (QED) is 0.812. The molecule has 2 rings (SSSR count). The first-order chi connectivity index (χ1) is 6.53. The zero-order valence-electron chi connectivity index (χ0n) is 8.42. The Morgan fingerprint density at radius 2 is 2.00 bits per heavy atom. The maximum Gasteiger partial charge on any atom is 0.0899 e. The smallest absolute Gasteiger partial charge is 0.0899 e. The van der Waals surface area contributed by atoms with E-state index in [-0.39, 0.29) is 0 Å². The van der Waals surface area contributed by atoms with E-state index in [9.17, 15) is 5.11 Å². The summed E-state index contributed by atoms with van der Waals surface area (Å²) in [6.07, 6.45) is 1.70. The molecule has 1 saturated carbocycles. The van der Waals surface area contributed by atoms with Gasteiger partial charge in [0.1, 0.15) is 0 Å². The number of rotatable bonds is 2. The Labute approximate surface area is 89.1 Å². The molecule has 76 valence electrons. The van der Waals surface area contributed by atoms with Crippen molar-refractivity contribution in [3.63, 3.8) is 0 Å². The number of aliphatic hydroxyl groups is 1. The Hall–Kier alpha value is -0.730. The van der Waals surface area contributed by atoms with Crippen LogP contribution in [-0.2, 0) is 5.60 Å². The van der Waals surface area contributed by atoms with Crippen LogP contribution in [0.3, 0.4) is 0 Å². The molecule has 0 amide bonds. The predicted octanol–water partition coefficient (Wildman–Crippen LogP) is 2.39. The third kappa shape index (κ3) is 1.60. The SMILES string of the molecule is CN(C)c1ccc(C2(O)CC2)cc1Cl. The molecule has 1 aliphatic carbocycles. The fourth-order valence-corrected chi connectivity index (χ4v) is 1.92. The topological polar surface area (TPSA) is 23.5 Å². The molecule has 0 unspecified atom stereocenters. The van der Waals surface area contributed by atoms with Crippen LogP contribution < -0.4 is 4.90 Å². The Balaban J connectivity index is 2.36. The van der Waals surface area contributed by atoms with E-state index in [0.29, 0.717) is 5.02 Å². The van der Waals surface area contributed by atoms with Gasteiger partial charge in [-0.15, -0.1) is 0 Å². The van der Waals surface area contributed by atoms with Crippen LogP contribution in [0.4, 0.5) is 5.69 Å². The summed E-state index contributed by atoms with van der Waals surface area (Å²) in [6.45, 7) is 0. The van der Waals surface area contributed by atoms with Crippen molar-refractivity contribution in [3.8, 4) is 0 Å². The number of hydrogen-bond donors (Lipinski definition) is 1. The summed E-state index contributed by atoms with van der Waals surface area (Å²) in [5.41, 5.74) is 1.34. The van der Waals surface area contributed by atoms with Gasteiger partial charge in [-0.05, 0) is 30.5 Å². The third-order valence-electron chi connectivity index (χ3n) is 2.69. The molecule has 14 heavy (non-hydrogen) atoms. The fraction of sp³-hybridized carbons (Fsp3) is 0.455.